The van der Waals surface area contributed by atoms with E-state index < -0.39 is 0 Å². The maximum atomic E-state index is 12.1. The lowest BCUT2D eigenvalue weighted by atomic mass is 10.2. The van der Waals surface area contributed by atoms with Gasteiger partial charge in [-0.3, -0.25) is 9.89 Å². The molecule has 0 aliphatic rings. The van der Waals surface area contributed by atoms with Gasteiger partial charge in [0, 0.05) is 11.1 Å². The maximum absolute atomic E-state index is 12.1. The van der Waals surface area contributed by atoms with Crippen molar-refractivity contribution in [2.75, 3.05) is 11.1 Å². The fourth-order valence-electron chi connectivity index (χ4n) is 2.05. The van der Waals surface area contributed by atoms with E-state index in [4.69, 9.17) is 11.6 Å². The van der Waals surface area contributed by atoms with Gasteiger partial charge in [-0.2, -0.15) is 5.10 Å². The third-order valence-corrected chi connectivity index (χ3v) is 4.39. The smallest absolute Gasteiger partial charge is 0.235 e. The highest BCUT2D eigenvalue weighted by Gasteiger charge is 2.11. The Labute approximate surface area is 147 Å². The Morgan fingerprint density at radius 1 is 1.38 bits per heavy atom. The molecule has 9 heteroatoms. The Morgan fingerprint density at radius 3 is 2.96 bits per heavy atom. The van der Waals surface area contributed by atoms with Gasteiger partial charge in [-0.25, -0.2) is 9.67 Å². The van der Waals surface area contributed by atoms with Gasteiger partial charge in [-0.15, -0.1) is 5.10 Å². The number of hydrogen-bond donors (Lipinski definition) is 2. The van der Waals surface area contributed by atoms with E-state index in [-0.39, 0.29) is 11.7 Å². The summed E-state index contributed by atoms with van der Waals surface area (Å²) in [6.07, 6.45) is 1.64. The summed E-state index contributed by atoms with van der Waals surface area (Å²) < 4.78 is 1.70. The fraction of sp³-hybridized carbons (Fsp3) is 0.200. The highest BCUT2D eigenvalue weighted by molar-refractivity contribution is 7.99. The van der Waals surface area contributed by atoms with Gasteiger partial charge in [0.05, 0.1) is 18.5 Å². The molecule has 0 radical (unpaired) electrons. The normalized spacial score (nSPS) is 10.8. The van der Waals surface area contributed by atoms with E-state index in [1.807, 2.05) is 31.2 Å². The van der Waals surface area contributed by atoms with Gasteiger partial charge >= 0.3 is 0 Å². The van der Waals surface area contributed by atoms with Gasteiger partial charge in [0.25, 0.3) is 0 Å². The number of aromatic amines is 1. The number of thioether (sulfide) groups is 1. The number of aromatic nitrogens is 5. The molecule has 24 heavy (non-hydrogen) atoms. The number of aryl methyl sites for hydroxylation is 1. The summed E-state index contributed by atoms with van der Waals surface area (Å²) in [5.41, 5.74) is 0.934. The molecule has 0 spiro atoms. The van der Waals surface area contributed by atoms with Crippen molar-refractivity contribution in [2.24, 2.45) is 0 Å². The van der Waals surface area contributed by atoms with Crippen LogP contribution in [0.4, 0.5) is 5.82 Å². The van der Waals surface area contributed by atoms with Crippen LogP contribution < -0.4 is 5.32 Å². The molecular weight excluding hydrogens is 348 g/mol. The zero-order valence-corrected chi connectivity index (χ0v) is 14.4. The number of carbonyl (C=O) groups is 1. The first kappa shape index (κ1) is 16.5. The lowest BCUT2D eigenvalue weighted by Gasteiger charge is -2.09. The number of carbonyl (C=O) groups excluding carboxylic acids is 1. The van der Waals surface area contributed by atoms with Crippen LogP contribution in [-0.4, -0.2) is 36.6 Å². The third kappa shape index (κ3) is 4.15. The highest BCUT2D eigenvalue weighted by Crippen LogP contribution is 2.18. The number of hydrogen-bond acceptors (Lipinski definition) is 5. The van der Waals surface area contributed by atoms with E-state index in [9.17, 15) is 4.79 Å². The first-order valence-corrected chi connectivity index (χ1v) is 8.55. The molecule has 124 valence electrons. The second kappa shape index (κ2) is 7.50. The summed E-state index contributed by atoms with van der Waals surface area (Å²) in [6.45, 7) is 2.29. The monoisotopic (exact) mass is 362 g/mol. The zero-order chi connectivity index (χ0) is 16.9. The summed E-state index contributed by atoms with van der Waals surface area (Å²) in [5, 5.41) is 15.0. The van der Waals surface area contributed by atoms with Crippen molar-refractivity contribution < 1.29 is 4.79 Å². The van der Waals surface area contributed by atoms with E-state index in [1.165, 1.54) is 11.8 Å². The minimum Gasteiger partial charge on any atom is -0.310 e. The van der Waals surface area contributed by atoms with Crippen LogP contribution in [0.5, 0.6) is 0 Å². The van der Waals surface area contributed by atoms with E-state index in [1.54, 1.807) is 16.9 Å². The molecule has 3 aromatic rings. The topological polar surface area (TPSA) is 88.5 Å². The maximum Gasteiger partial charge on any atom is 0.235 e. The summed E-state index contributed by atoms with van der Waals surface area (Å²) in [4.78, 5) is 16.2. The van der Waals surface area contributed by atoms with E-state index in [2.05, 4.69) is 25.6 Å². The van der Waals surface area contributed by atoms with Crippen molar-refractivity contribution >= 4 is 35.1 Å². The molecule has 0 saturated heterocycles. The highest BCUT2D eigenvalue weighted by atomic mass is 35.5. The minimum atomic E-state index is -0.150. The Balaban J connectivity index is 1.60. The van der Waals surface area contributed by atoms with E-state index >= 15 is 0 Å². The molecule has 3 rings (SSSR count). The Hall–Kier alpha value is -2.32. The molecule has 0 saturated carbocycles. The van der Waals surface area contributed by atoms with Crippen LogP contribution in [0, 0.1) is 6.92 Å². The molecule has 0 aliphatic heterocycles. The second-order valence-electron chi connectivity index (χ2n) is 5.01. The molecule has 0 bridgehead atoms. The molecule has 1 amide bonds. The van der Waals surface area contributed by atoms with Gasteiger partial charge in [0.15, 0.2) is 0 Å². The molecule has 0 aliphatic carbocycles. The fourth-order valence-corrected chi connectivity index (χ4v) is 2.89. The number of halogens is 1. The molecule has 2 heterocycles. The van der Waals surface area contributed by atoms with Crippen LogP contribution in [0.25, 0.3) is 0 Å². The summed E-state index contributed by atoms with van der Waals surface area (Å²) >= 11 is 7.44. The van der Waals surface area contributed by atoms with Crippen LogP contribution in [0.2, 0.25) is 5.02 Å². The first-order chi connectivity index (χ1) is 11.6. The number of nitrogens with one attached hydrogen (secondary N) is 2. The molecule has 2 N–H and O–H groups in total. The van der Waals surface area contributed by atoms with Crippen molar-refractivity contribution in [1.82, 2.24) is 25.0 Å². The van der Waals surface area contributed by atoms with Gasteiger partial charge in [0.2, 0.25) is 11.1 Å². The molecule has 0 atom stereocenters. The lowest BCUT2D eigenvalue weighted by Crippen LogP contribution is -2.18. The number of H-pyrrole nitrogens is 1. The van der Waals surface area contributed by atoms with E-state index in [0.29, 0.717) is 22.5 Å². The first-order valence-electron chi connectivity index (χ1n) is 7.18. The predicted octanol–water partition coefficient (Wildman–Crippen LogP) is 2.74. The van der Waals surface area contributed by atoms with Gasteiger partial charge in [-0.05, 0) is 18.6 Å². The summed E-state index contributed by atoms with van der Waals surface area (Å²) in [7, 11) is 0. The molecule has 2 aromatic heterocycles. The number of anilines is 1. The van der Waals surface area contributed by atoms with Crippen molar-refractivity contribution in [2.45, 2.75) is 18.6 Å². The van der Waals surface area contributed by atoms with Gasteiger partial charge in [-0.1, -0.05) is 41.6 Å². The molecule has 7 nitrogen and oxygen atoms in total. The molecule has 0 fully saturated rings. The second-order valence-corrected chi connectivity index (χ2v) is 6.36. The number of amides is 1. The van der Waals surface area contributed by atoms with E-state index in [0.717, 1.165) is 11.4 Å². The standard InChI is InChI=1S/C15H15ClN6OS/c1-10-18-15(21-20-10)24-9-14(23)19-13-6-7-17-22(13)8-11-4-2-3-5-12(11)16/h2-7H,8-9H2,1H3,(H,19,23)(H,18,20,21). The Bertz CT molecular complexity index is 846. The van der Waals surface area contributed by atoms with Crippen molar-refractivity contribution in [3.8, 4) is 0 Å². The van der Waals surface area contributed by atoms with Gasteiger partial charge < -0.3 is 5.32 Å². The summed E-state index contributed by atoms with van der Waals surface area (Å²) in [5.74, 6) is 1.40. The van der Waals surface area contributed by atoms with Crippen molar-refractivity contribution in [3.05, 3.63) is 52.9 Å². The zero-order valence-electron chi connectivity index (χ0n) is 12.9. The van der Waals surface area contributed by atoms with Crippen LogP contribution in [0.1, 0.15) is 11.4 Å². The van der Waals surface area contributed by atoms with Crippen molar-refractivity contribution in [3.63, 3.8) is 0 Å². The quantitative estimate of drug-likeness (QED) is 0.658. The molecule has 0 unspecified atom stereocenters. The average Bonchev–Trinajstić information content (AvgIpc) is 3.17. The van der Waals surface area contributed by atoms with Gasteiger partial charge in [0.1, 0.15) is 11.6 Å². The predicted molar refractivity (Wildman–Crippen MR) is 93.3 cm³/mol. The third-order valence-electron chi connectivity index (χ3n) is 3.17. The van der Waals surface area contributed by atoms with Crippen LogP contribution >= 0.6 is 23.4 Å². The Morgan fingerprint density at radius 2 is 2.21 bits per heavy atom. The van der Waals surface area contributed by atoms with Crippen LogP contribution in [-0.2, 0) is 11.3 Å². The molecule has 1 aromatic carbocycles. The average molecular weight is 363 g/mol. The minimum absolute atomic E-state index is 0.150. The Kier molecular flexibility index (Phi) is 5.17. The van der Waals surface area contributed by atoms with Crippen LogP contribution in [0.15, 0.2) is 41.7 Å². The van der Waals surface area contributed by atoms with Crippen molar-refractivity contribution in [1.29, 1.82) is 0 Å². The van der Waals surface area contributed by atoms with Crippen LogP contribution in [0.3, 0.4) is 0 Å². The number of benzene rings is 1. The summed E-state index contributed by atoms with van der Waals surface area (Å²) in [6, 6.07) is 9.29. The largest absolute Gasteiger partial charge is 0.310 e. The number of nitrogens with zero attached hydrogens (tertiary/aromatic N) is 4. The number of rotatable bonds is 6. The molecular formula is C15H15ClN6OS. The SMILES string of the molecule is Cc1nc(SCC(=O)Nc2ccnn2Cc2ccccc2Cl)n[nH]1. The lowest BCUT2D eigenvalue weighted by molar-refractivity contribution is -0.113.